The molecule has 3 aromatic carbocycles. The molecule has 0 spiro atoms. The molecule has 7 heteroatoms. The summed E-state index contributed by atoms with van der Waals surface area (Å²) in [4.78, 5) is 13.9. The van der Waals surface area contributed by atoms with E-state index >= 15 is 0 Å². The molecule has 6 nitrogen and oxygen atoms in total. The summed E-state index contributed by atoms with van der Waals surface area (Å²) < 4.78 is 27.7. The van der Waals surface area contributed by atoms with E-state index in [1.807, 2.05) is 68.7 Å². The Labute approximate surface area is 178 Å². The van der Waals surface area contributed by atoms with Crippen molar-refractivity contribution in [1.82, 2.24) is 10.0 Å². The van der Waals surface area contributed by atoms with E-state index < -0.39 is 10.0 Å². The zero-order valence-corrected chi connectivity index (χ0v) is 18.1. The van der Waals surface area contributed by atoms with Gasteiger partial charge in [0.2, 0.25) is 15.9 Å². The third kappa shape index (κ3) is 5.89. The summed E-state index contributed by atoms with van der Waals surface area (Å²) in [5.74, 6) is -0.189. The van der Waals surface area contributed by atoms with Crippen molar-refractivity contribution in [2.24, 2.45) is 0 Å². The van der Waals surface area contributed by atoms with Gasteiger partial charge in [0.15, 0.2) is 0 Å². The Balaban J connectivity index is 1.59. The van der Waals surface area contributed by atoms with E-state index in [1.54, 1.807) is 18.2 Å². The van der Waals surface area contributed by atoms with Gasteiger partial charge < -0.3 is 10.2 Å². The Hall–Kier alpha value is -2.74. The van der Waals surface area contributed by atoms with E-state index in [2.05, 4.69) is 10.0 Å². The van der Waals surface area contributed by atoms with Crippen LogP contribution in [0.5, 0.6) is 0 Å². The maximum Gasteiger partial charge on any atom is 0.240 e. The molecule has 1 amide bonds. The highest BCUT2D eigenvalue weighted by atomic mass is 32.2. The third-order valence-electron chi connectivity index (χ3n) is 4.82. The van der Waals surface area contributed by atoms with E-state index in [1.165, 1.54) is 4.90 Å². The maximum absolute atomic E-state index is 12.6. The number of carbonyl (C=O) groups excluding carboxylic acids is 1. The predicted octanol–water partition coefficient (Wildman–Crippen LogP) is 1.51. The summed E-state index contributed by atoms with van der Waals surface area (Å²) in [6.07, 6.45) is 0.0684. The number of benzene rings is 3. The summed E-state index contributed by atoms with van der Waals surface area (Å²) in [5.41, 5.74) is 1.03. The van der Waals surface area contributed by atoms with Gasteiger partial charge in [0.05, 0.1) is 19.0 Å². The van der Waals surface area contributed by atoms with E-state index in [9.17, 15) is 13.2 Å². The number of carbonyl (C=O) groups is 1. The van der Waals surface area contributed by atoms with Gasteiger partial charge in [0, 0.05) is 13.0 Å². The normalized spacial score (nSPS) is 12.8. The molecule has 0 aliphatic heterocycles. The number of nitrogens with one attached hydrogen (secondary N) is 3. The van der Waals surface area contributed by atoms with Crippen LogP contribution >= 0.6 is 0 Å². The van der Waals surface area contributed by atoms with Crippen molar-refractivity contribution >= 4 is 26.7 Å². The fraction of sp³-hybridized carbons (Fsp3) is 0.261. The molecule has 3 aromatic rings. The van der Waals surface area contributed by atoms with Crippen molar-refractivity contribution in [2.75, 3.05) is 27.2 Å². The van der Waals surface area contributed by atoms with Crippen molar-refractivity contribution in [3.8, 4) is 0 Å². The standard InChI is InChI=1S/C23H27N3O3S/c1-26(2)17-22(19-9-4-3-5-10-19)25-23(27)14-15-24-30(28,29)21-13-12-18-8-6-7-11-20(18)16-21/h3-13,16,22,24H,14-15,17H2,1-2H3,(H,25,27)/p+1/t22-/m1/s1. The summed E-state index contributed by atoms with van der Waals surface area (Å²) in [6.45, 7) is 0.774. The molecule has 0 aliphatic rings. The quantitative estimate of drug-likeness (QED) is 0.485. The Bertz CT molecular complexity index is 1100. The Morgan fingerprint density at radius 2 is 1.60 bits per heavy atom. The van der Waals surface area contributed by atoms with Gasteiger partial charge in [-0.2, -0.15) is 0 Å². The molecule has 0 bridgehead atoms. The number of rotatable bonds is 9. The van der Waals surface area contributed by atoms with E-state index in [0.29, 0.717) is 0 Å². The molecule has 0 unspecified atom stereocenters. The van der Waals surface area contributed by atoms with E-state index in [0.717, 1.165) is 22.9 Å². The maximum atomic E-state index is 12.6. The molecule has 30 heavy (non-hydrogen) atoms. The number of quaternary nitrogens is 1. The van der Waals surface area contributed by atoms with E-state index in [4.69, 9.17) is 0 Å². The van der Waals surface area contributed by atoms with Gasteiger partial charge in [-0.1, -0.05) is 60.7 Å². The third-order valence-corrected chi connectivity index (χ3v) is 6.28. The first-order chi connectivity index (χ1) is 14.3. The molecule has 3 rings (SSSR count). The fourth-order valence-corrected chi connectivity index (χ4v) is 4.40. The Morgan fingerprint density at radius 3 is 2.30 bits per heavy atom. The summed E-state index contributed by atoms with van der Waals surface area (Å²) in [6, 6.07) is 22.3. The second kappa shape index (κ2) is 9.84. The first-order valence-electron chi connectivity index (χ1n) is 9.97. The number of hydrogen-bond donors (Lipinski definition) is 3. The average molecular weight is 427 g/mol. The van der Waals surface area contributed by atoms with Gasteiger partial charge in [0.1, 0.15) is 12.6 Å². The van der Waals surface area contributed by atoms with Crippen molar-refractivity contribution in [3.05, 3.63) is 78.4 Å². The van der Waals surface area contributed by atoms with Gasteiger partial charge in [-0.15, -0.1) is 0 Å². The highest BCUT2D eigenvalue weighted by Gasteiger charge is 2.19. The van der Waals surface area contributed by atoms with Crippen LogP contribution in [0.4, 0.5) is 0 Å². The van der Waals surface area contributed by atoms with Gasteiger partial charge in [0.25, 0.3) is 0 Å². The smallest absolute Gasteiger partial charge is 0.240 e. The van der Waals surface area contributed by atoms with Gasteiger partial charge in [-0.05, 0) is 28.5 Å². The number of sulfonamides is 1. The molecule has 1 atom stereocenters. The van der Waals surface area contributed by atoms with E-state index in [-0.39, 0.29) is 29.8 Å². The first-order valence-corrected chi connectivity index (χ1v) is 11.5. The van der Waals surface area contributed by atoms with Crippen LogP contribution in [-0.2, 0) is 14.8 Å². The monoisotopic (exact) mass is 426 g/mol. The molecule has 158 valence electrons. The lowest BCUT2D eigenvalue weighted by atomic mass is 10.1. The zero-order chi connectivity index (χ0) is 21.6. The molecular weight excluding hydrogens is 398 g/mol. The molecule has 0 aromatic heterocycles. The lowest BCUT2D eigenvalue weighted by molar-refractivity contribution is -0.860. The molecule has 0 fully saturated rings. The highest BCUT2D eigenvalue weighted by Crippen LogP contribution is 2.18. The van der Waals surface area contributed by atoms with Crippen LogP contribution < -0.4 is 14.9 Å². The predicted molar refractivity (Wildman–Crippen MR) is 119 cm³/mol. The van der Waals surface area contributed by atoms with Crippen LogP contribution in [0.3, 0.4) is 0 Å². The number of likely N-dealkylation sites (N-methyl/N-ethyl adjacent to an activating group) is 1. The zero-order valence-electron chi connectivity index (χ0n) is 17.3. The van der Waals surface area contributed by atoms with Gasteiger partial charge in [-0.3, -0.25) is 4.79 Å². The van der Waals surface area contributed by atoms with Gasteiger partial charge in [-0.25, -0.2) is 13.1 Å². The van der Waals surface area contributed by atoms with Crippen LogP contribution in [0, 0.1) is 0 Å². The first kappa shape index (κ1) is 22.0. The summed E-state index contributed by atoms with van der Waals surface area (Å²) >= 11 is 0. The van der Waals surface area contributed by atoms with Crippen LogP contribution in [-0.4, -0.2) is 41.5 Å². The summed E-state index contributed by atoms with van der Waals surface area (Å²) in [7, 11) is 0.374. The van der Waals surface area contributed by atoms with Crippen LogP contribution in [0.2, 0.25) is 0 Å². The van der Waals surface area contributed by atoms with Crippen LogP contribution in [0.1, 0.15) is 18.0 Å². The minimum absolute atomic E-state index is 0.0390. The molecule has 0 radical (unpaired) electrons. The molecule has 0 saturated heterocycles. The molecule has 0 heterocycles. The van der Waals surface area contributed by atoms with Gasteiger partial charge >= 0.3 is 0 Å². The topological polar surface area (TPSA) is 79.7 Å². The van der Waals surface area contributed by atoms with Crippen molar-refractivity contribution in [1.29, 1.82) is 0 Å². The minimum Gasteiger partial charge on any atom is -0.344 e. The number of fused-ring (bicyclic) bond motifs is 1. The fourth-order valence-electron chi connectivity index (χ4n) is 3.33. The largest absolute Gasteiger partial charge is 0.344 e. The van der Waals surface area contributed by atoms with Crippen molar-refractivity contribution in [2.45, 2.75) is 17.4 Å². The number of amides is 1. The molecule has 0 aliphatic carbocycles. The average Bonchev–Trinajstić information content (AvgIpc) is 2.73. The Kier molecular flexibility index (Phi) is 7.20. The summed E-state index contributed by atoms with van der Waals surface area (Å²) in [5, 5.41) is 4.85. The Morgan fingerprint density at radius 1 is 0.933 bits per heavy atom. The lowest BCUT2D eigenvalue weighted by Gasteiger charge is -2.21. The van der Waals surface area contributed by atoms with Crippen molar-refractivity contribution < 1.29 is 18.1 Å². The molecular formula is C23H28N3O3S+. The lowest BCUT2D eigenvalue weighted by Crippen LogP contribution is -3.06. The number of hydrogen-bond acceptors (Lipinski definition) is 3. The SMILES string of the molecule is C[NH+](C)C[C@@H](NC(=O)CCNS(=O)(=O)c1ccc2ccccc2c1)c1ccccc1. The van der Waals surface area contributed by atoms with Crippen LogP contribution in [0.15, 0.2) is 77.7 Å². The molecule has 0 saturated carbocycles. The second-order valence-electron chi connectivity index (χ2n) is 7.60. The second-order valence-corrected chi connectivity index (χ2v) is 9.37. The molecule has 3 N–H and O–H groups in total. The minimum atomic E-state index is -3.68. The van der Waals surface area contributed by atoms with Crippen LogP contribution in [0.25, 0.3) is 10.8 Å². The highest BCUT2D eigenvalue weighted by molar-refractivity contribution is 7.89. The van der Waals surface area contributed by atoms with Crippen molar-refractivity contribution in [3.63, 3.8) is 0 Å².